The van der Waals surface area contributed by atoms with Crippen molar-refractivity contribution >= 4 is 33.2 Å². The third-order valence-electron chi connectivity index (χ3n) is 3.53. The van der Waals surface area contributed by atoms with Crippen molar-refractivity contribution in [1.29, 1.82) is 0 Å². The van der Waals surface area contributed by atoms with Gasteiger partial charge < -0.3 is 10.1 Å². The first-order chi connectivity index (χ1) is 12.3. The molecule has 0 saturated carbocycles. The maximum absolute atomic E-state index is 12.2. The number of halogens is 1. The molecule has 26 heavy (non-hydrogen) atoms. The number of ether oxygens (including phenoxy) is 1. The molecule has 1 N–H and O–H groups in total. The second kappa shape index (κ2) is 8.91. The van der Waals surface area contributed by atoms with Crippen molar-refractivity contribution in [3.05, 3.63) is 59.1 Å². The van der Waals surface area contributed by atoms with E-state index in [9.17, 15) is 13.2 Å². The summed E-state index contributed by atoms with van der Waals surface area (Å²) in [5.41, 5.74) is 1.15. The number of carbonyl (C=O) groups is 1. The minimum absolute atomic E-state index is 0.261. The van der Waals surface area contributed by atoms with Gasteiger partial charge in [0.15, 0.2) is 0 Å². The van der Waals surface area contributed by atoms with E-state index in [1.807, 2.05) is 31.2 Å². The van der Waals surface area contributed by atoms with Crippen molar-refractivity contribution in [2.45, 2.75) is 13.5 Å². The molecular weight excluding hydrogens is 376 g/mol. The third kappa shape index (κ3) is 5.64. The second-order valence-electron chi connectivity index (χ2n) is 5.57. The molecule has 2 aromatic carbocycles. The number of nitrogens with one attached hydrogen (secondary N) is 1. The van der Waals surface area contributed by atoms with Crippen molar-refractivity contribution in [1.82, 2.24) is 5.32 Å². The van der Waals surface area contributed by atoms with E-state index in [0.29, 0.717) is 6.61 Å². The summed E-state index contributed by atoms with van der Waals surface area (Å²) in [7, 11) is -3.66. The van der Waals surface area contributed by atoms with Gasteiger partial charge in [-0.05, 0) is 36.8 Å². The Morgan fingerprint density at radius 1 is 1.15 bits per heavy atom. The highest BCUT2D eigenvalue weighted by Gasteiger charge is 2.22. The minimum atomic E-state index is -3.66. The molecule has 0 bridgehead atoms. The van der Waals surface area contributed by atoms with E-state index in [0.717, 1.165) is 21.9 Å². The molecule has 140 valence electrons. The lowest BCUT2D eigenvalue weighted by Gasteiger charge is -2.22. The summed E-state index contributed by atoms with van der Waals surface area (Å²) in [5.74, 6) is 0.328. The number of carbonyl (C=O) groups excluding carboxylic acids is 1. The van der Waals surface area contributed by atoms with E-state index < -0.39 is 15.9 Å². The summed E-state index contributed by atoms with van der Waals surface area (Å²) in [5, 5.41) is 2.97. The van der Waals surface area contributed by atoms with E-state index in [4.69, 9.17) is 16.3 Å². The highest BCUT2D eigenvalue weighted by molar-refractivity contribution is 7.92. The molecule has 6 nitrogen and oxygen atoms in total. The zero-order valence-corrected chi connectivity index (χ0v) is 16.2. The Kier molecular flexibility index (Phi) is 6.88. The quantitative estimate of drug-likeness (QED) is 0.744. The average molecular weight is 397 g/mol. The largest absolute Gasteiger partial charge is 0.494 e. The molecule has 0 aromatic heterocycles. The van der Waals surface area contributed by atoms with Gasteiger partial charge in [0.1, 0.15) is 12.3 Å². The molecular formula is C18H21ClN2O4S. The van der Waals surface area contributed by atoms with Crippen molar-refractivity contribution < 1.29 is 17.9 Å². The summed E-state index contributed by atoms with van der Waals surface area (Å²) in [6.45, 7) is 2.42. The Hall–Kier alpha value is -2.25. The molecule has 0 aliphatic heterocycles. The fourth-order valence-electron chi connectivity index (χ4n) is 2.29. The number of benzene rings is 2. The van der Waals surface area contributed by atoms with Crippen LogP contribution in [-0.2, 0) is 21.4 Å². The van der Waals surface area contributed by atoms with Crippen LogP contribution < -0.4 is 14.4 Å². The van der Waals surface area contributed by atoms with Gasteiger partial charge in [-0.15, -0.1) is 0 Å². The van der Waals surface area contributed by atoms with Crippen LogP contribution in [0.2, 0.25) is 5.02 Å². The molecule has 0 unspecified atom stereocenters. The number of amides is 1. The fraction of sp³-hybridized carbons (Fsp3) is 0.278. The SMILES string of the molecule is CCOc1ccc(CNC(=O)CN(c2ccccc2Cl)S(C)(=O)=O)cc1. The summed E-state index contributed by atoms with van der Waals surface area (Å²) in [6.07, 6.45) is 1.04. The Bertz CT molecular complexity index is 854. The molecule has 2 aromatic rings. The summed E-state index contributed by atoms with van der Waals surface area (Å²) in [4.78, 5) is 12.2. The van der Waals surface area contributed by atoms with Crippen LogP contribution in [0, 0.1) is 0 Å². The van der Waals surface area contributed by atoms with Gasteiger partial charge in [0.05, 0.1) is 23.6 Å². The lowest BCUT2D eigenvalue weighted by molar-refractivity contribution is -0.119. The first-order valence-electron chi connectivity index (χ1n) is 8.02. The number of anilines is 1. The number of rotatable bonds is 8. The van der Waals surface area contributed by atoms with Crippen LogP contribution in [0.3, 0.4) is 0 Å². The van der Waals surface area contributed by atoms with Crippen LogP contribution in [0.15, 0.2) is 48.5 Å². The number of hydrogen-bond acceptors (Lipinski definition) is 4. The van der Waals surface area contributed by atoms with E-state index in [1.54, 1.807) is 24.3 Å². The molecule has 0 radical (unpaired) electrons. The van der Waals surface area contributed by atoms with E-state index in [-0.39, 0.29) is 23.8 Å². The molecule has 2 rings (SSSR count). The monoisotopic (exact) mass is 396 g/mol. The second-order valence-corrected chi connectivity index (χ2v) is 7.89. The lowest BCUT2D eigenvalue weighted by Crippen LogP contribution is -2.40. The standard InChI is InChI=1S/C18H21ClN2O4S/c1-3-25-15-10-8-14(9-11-15)12-20-18(22)13-21(26(2,23)24)17-7-5-4-6-16(17)19/h4-11H,3,12-13H2,1-2H3,(H,20,22). The average Bonchev–Trinajstić information content (AvgIpc) is 2.59. The summed E-state index contributed by atoms with van der Waals surface area (Å²) >= 11 is 6.07. The van der Waals surface area contributed by atoms with Gasteiger partial charge in [-0.3, -0.25) is 9.10 Å². The van der Waals surface area contributed by atoms with Gasteiger partial charge in [-0.2, -0.15) is 0 Å². The van der Waals surface area contributed by atoms with Gasteiger partial charge in [-0.25, -0.2) is 8.42 Å². The van der Waals surface area contributed by atoms with Crippen LogP contribution in [0.4, 0.5) is 5.69 Å². The first kappa shape index (κ1) is 20.1. The highest BCUT2D eigenvalue weighted by Crippen LogP contribution is 2.26. The smallest absolute Gasteiger partial charge is 0.241 e. The Labute approximate surface area is 158 Å². The topological polar surface area (TPSA) is 75.7 Å². The Morgan fingerprint density at radius 3 is 2.38 bits per heavy atom. The normalized spacial score (nSPS) is 11.0. The van der Waals surface area contributed by atoms with Crippen molar-refractivity contribution in [2.75, 3.05) is 23.7 Å². The van der Waals surface area contributed by atoms with E-state index in [1.165, 1.54) is 0 Å². The minimum Gasteiger partial charge on any atom is -0.494 e. The molecule has 0 atom stereocenters. The van der Waals surface area contributed by atoms with Crippen molar-refractivity contribution in [2.24, 2.45) is 0 Å². The van der Waals surface area contributed by atoms with Gasteiger partial charge in [0, 0.05) is 6.54 Å². The summed E-state index contributed by atoms with van der Waals surface area (Å²) in [6, 6.07) is 13.8. The summed E-state index contributed by atoms with van der Waals surface area (Å²) < 4.78 is 30.5. The van der Waals surface area contributed by atoms with Gasteiger partial charge >= 0.3 is 0 Å². The predicted molar refractivity (Wildman–Crippen MR) is 103 cm³/mol. The predicted octanol–water partition coefficient (Wildman–Crippen LogP) is 2.82. The van der Waals surface area contributed by atoms with Crippen LogP contribution in [0.1, 0.15) is 12.5 Å². The van der Waals surface area contributed by atoms with Gasteiger partial charge in [0.2, 0.25) is 15.9 Å². The van der Waals surface area contributed by atoms with Crippen molar-refractivity contribution in [3.63, 3.8) is 0 Å². The molecule has 0 aliphatic carbocycles. The zero-order chi connectivity index (χ0) is 19.2. The van der Waals surface area contributed by atoms with Crippen LogP contribution in [0.25, 0.3) is 0 Å². The zero-order valence-electron chi connectivity index (χ0n) is 14.6. The first-order valence-corrected chi connectivity index (χ1v) is 10.2. The molecule has 0 heterocycles. The lowest BCUT2D eigenvalue weighted by atomic mass is 10.2. The van der Waals surface area contributed by atoms with Gasteiger partial charge in [-0.1, -0.05) is 35.9 Å². The maximum atomic E-state index is 12.2. The molecule has 1 amide bonds. The maximum Gasteiger partial charge on any atom is 0.241 e. The number of sulfonamides is 1. The van der Waals surface area contributed by atoms with Gasteiger partial charge in [0.25, 0.3) is 0 Å². The van der Waals surface area contributed by atoms with Crippen LogP contribution in [0.5, 0.6) is 5.75 Å². The molecule has 8 heteroatoms. The van der Waals surface area contributed by atoms with Crippen LogP contribution in [-0.4, -0.2) is 33.7 Å². The molecule has 0 saturated heterocycles. The molecule has 0 fully saturated rings. The van der Waals surface area contributed by atoms with Crippen LogP contribution >= 0.6 is 11.6 Å². The van der Waals surface area contributed by atoms with E-state index in [2.05, 4.69) is 5.32 Å². The Balaban J connectivity index is 2.03. The number of para-hydroxylation sites is 1. The Morgan fingerprint density at radius 2 is 1.81 bits per heavy atom. The van der Waals surface area contributed by atoms with Crippen molar-refractivity contribution in [3.8, 4) is 5.75 Å². The number of hydrogen-bond donors (Lipinski definition) is 1. The fourth-order valence-corrected chi connectivity index (χ4v) is 3.45. The van der Waals surface area contributed by atoms with E-state index >= 15 is 0 Å². The number of nitrogens with zero attached hydrogens (tertiary/aromatic N) is 1. The molecule has 0 spiro atoms. The molecule has 0 aliphatic rings. The highest BCUT2D eigenvalue weighted by atomic mass is 35.5. The third-order valence-corrected chi connectivity index (χ3v) is 4.98.